The Hall–Kier alpha value is -2.82. The third-order valence-electron chi connectivity index (χ3n) is 4.50. The highest BCUT2D eigenvalue weighted by Crippen LogP contribution is 2.29. The SMILES string of the molecule is COC(=O)c1ccc2nc(-c3cccc(Cl)c3)c(Cc3cccc(Cl)c3)n2c1. The van der Waals surface area contributed by atoms with Crippen LogP contribution in [0, 0.1) is 0 Å². The molecule has 6 heteroatoms. The van der Waals surface area contributed by atoms with Gasteiger partial charge in [-0.3, -0.25) is 0 Å². The van der Waals surface area contributed by atoms with Gasteiger partial charge in [0.1, 0.15) is 5.65 Å². The summed E-state index contributed by atoms with van der Waals surface area (Å²) in [5.41, 5.74) is 4.89. The van der Waals surface area contributed by atoms with E-state index < -0.39 is 5.97 Å². The summed E-state index contributed by atoms with van der Waals surface area (Å²) in [5.74, 6) is -0.395. The van der Waals surface area contributed by atoms with Gasteiger partial charge in [-0.05, 0) is 42.0 Å². The minimum absolute atomic E-state index is 0.395. The maximum absolute atomic E-state index is 12.0. The minimum atomic E-state index is -0.395. The zero-order valence-corrected chi connectivity index (χ0v) is 16.5. The number of imidazole rings is 1. The van der Waals surface area contributed by atoms with Gasteiger partial charge in [0, 0.05) is 28.2 Å². The van der Waals surface area contributed by atoms with E-state index in [4.69, 9.17) is 32.9 Å². The fourth-order valence-electron chi connectivity index (χ4n) is 3.21. The van der Waals surface area contributed by atoms with Crippen LogP contribution in [0.25, 0.3) is 16.9 Å². The van der Waals surface area contributed by atoms with Crippen LogP contribution in [0.4, 0.5) is 0 Å². The molecule has 0 aliphatic carbocycles. The van der Waals surface area contributed by atoms with Gasteiger partial charge in [0.25, 0.3) is 0 Å². The van der Waals surface area contributed by atoms with Gasteiger partial charge in [0.15, 0.2) is 0 Å². The number of pyridine rings is 1. The molecule has 2 heterocycles. The Morgan fingerprint density at radius 2 is 1.79 bits per heavy atom. The number of halogens is 2. The normalized spacial score (nSPS) is 11.0. The van der Waals surface area contributed by atoms with Gasteiger partial charge in [-0.15, -0.1) is 0 Å². The summed E-state index contributed by atoms with van der Waals surface area (Å²) in [6.45, 7) is 0. The van der Waals surface area contributed by atoms with Crippen molar-refractivity contribution in [1.29, 1.82) is 0 Å². The summed E-state index contributed by atoms with van der Waals surface area (Å²) in [4.78, 5) is 16.8. The third-order valence-corrected chi connectivity index (χ3v) is 4.97. The summed E-state index contributed by atoms with van der Waals surface area (Å²) < 4.78 is 6.78. The molecule has 0 N–H and O–H groups in total. The Kier molecular flexibility index (Phi) is 5.07. The van der Waals surface area contributed by atoms with E-state index in [0.29, 0.717) is 22.0 Å². The van der Waals surface area contributed by atoms with Crippen LogP contribution < -0.4 is 0 Å². The lowest BCUT2D eigenvalue weighted by Gasteiger charge is -2.08. The molecular weight excluding hydrogens is 395 g/mol. The molecule has 140 valence electrons. The van der Waals surface area contributed by atoms with Crippen LogP contribution >= 0.6 is 23.2 Å². The maximum atomic E-state index is 12.0. The summed E-state index contributed by atoms with van der Waals surface area (Å²) >= 11 is 12.4. The molecule has 0 bridgehead atoms. The number of fused-ring (bicyclic) bond motifs is 1. The molecule has 0 unspecified atom stereocenters. The zero-order chi connectivity index (χ0) is 19.7. The Morgan fingerprint density at radius 1 is 1.04 bits per heavy atom. The number of nitrogens with zero attached hydrogens (tertiary/aromatic N) is 2. The van der Waals surface area contributed by atoms with Crippen LogP contribution in [0.1, 0.15) is 21.6 Å². The molecule has 2 aromatic heterocycles. The predicted molar refractivity (Wildman–Crippen MR) is 111 cm³/mol. The highest BCUT2D eigenvalue weighted by Gasteiger charge is 2.17. The number of rotatable bonds is 4. The first kappa shape index (κ1) is 18.5. The molecule has 0 amide bonds. The number of esters is 1. The highest BCUT2D eigenvalue weighted by atomic mass is 35.5. The van der Waals surface area contributed by atoms with Crippen molar-refractivity contribution < 1.29 is 9.53 Å². The lowest BCUT2D eigenvalue weighted by molar-refractivity contribution is 0.0600. The van der Waals surface area contributed by atoms with E-state index in [2.05, 4.69) is 0 Å². The van der Waals surface area contributed by atoms with Gasteiger partial charge in [-0.2, -0.15) is 0 Å². The Labute approximate surface area is 172 Å². The van der Waals surface area contributed by atoms with Crippen LogP contribution in [-0.2, 0) is 11.2 Å². The predicted octanol–water partition coefficient (Wildman–Crippen LogP) is 5.69. The van der Waals surface area contributed by atoms with Gasteiger partial charge in [-0.1, -0.05) is 47.5 Å². The van der Waals surface area contributed by atoms with E-state index in [1.807, 2.05) is 59.0 Å². The van der Waals surface area contributed by atoms with Crippen molar-refractivity contribution in [3.63, 3.8) is 0 Å². The molecule has 0 aliphatic heterocycles. The fraction of sp³-hybridized carbons (Fsp3) is 0.0909. The number of aromatic nitrogens is 2. The topological polar surface area (TPSA) is 43.6 Å². The van der Waals surface area contributed by atoms with Crippen molar-refractivity contribution in [2.24, 2.45) is 0 Å². The van der Waals surface area contributed by atoms with Gasteiger partial charge in [0.2, 0.25) is 0 Å². The van der Waals surface area contributed by atoms with Crippen LogP contribution in [0.5, 0.6) is 0 Å². The Balaban J connectivity index is 1.93. The first-order valence-electron chi connectivity index (χ1n) is 8.65. The zero-order valence-electron chi connectivity index (χ0n) is 15.0. The number of hydrogen-bond donors (Lipinski definition) is 0. The maximum Gasteiger partial charge on any atom is 0.339 e. The van der Waals surface area contributed by atoms with Gasteiger partial charge >= 0.3 is 5.97 Å². The standard InChI is InChI=1S/C22H16Cl2N2O2/c1-28-22(27)16-8-9-20-25-21(15-5-3-7-18(24)12-15)19(26(20)13-16)11-14-4-2-6-17(23)10-14/h2-10,12-13H,11H2,1H3. The second-order valence-electron chi connectivity index (χ2n) is 6.36. The van der Waals surface area contributed by atoms with Crippen LogP contribution in [0.3, 0.4) is 0 Å². The lowest BCUT2D eigenvalue weighted by Crippen LogP contribution is -2.04. The highest BCUT2D eigenvalue weighted by molar-refractivity contribution is 6.31. The number of hydrogen-bond acceptors (Lipinski definition) is 3. The van der Waals surface area contributed by atoms with E-state index in [-0.39, 0.29) is 0 Å². The first-order chi connectivity index (χ1) is 13.5. The Morgan fingerprint density at radius 3 is 2.50 bits per heavy atom. The summed E-state index contributed by atoms with van der Waals surface area (Å²) in [5, 5.41) is 1.31. The quantitative estimate of drug-likeness (QED) is 0.406. The van der Waals surface area contributed by atoms with Crippen molar-refractivity contribution in [3.05, 3.63) is 93.7 Å². The molecule has 4 aromatic rings. The largest absolute Gasteiger partial charge is 0.465 e. The van der Waals surface area contributed by atoms with Crippen molar-refractivity contribution in [2.75, 3.05) is 7.11 Å². The smallest absolute Gasteiger partial charge is 0.339 e. The van der Waals surface area contributed by atoms with Crippen molar-refractivity contribution in [3.8, 4) is 11.3 Å². The monoisotopic (exact) mass is 410 g/mol. The molecule has 0 aliphatic rings. The average molecular weight is 411 g/mol. The van der Waals surface area contributed by atoms with Crippen molar-refractivity contribution in [1.82, 2.24) is 9.38 Å². The molecule has 0 spiro atoms. The van der Waals surface area contributed by atoms with Crippen LogP contribution in [-0.4, -0.2) is 22.5 Å². The minimum Gasteiger partial charge on any atom is -0.465 e. The lowest BCUT2D eigenvalue weighted by atomic mass is 10.0. The van der Waals surface area contributed by atoms with Crippen molar-refractivity contribution in [2.45, 2.75) is 6.42 Å². The van der Waals surface area contributed by atoms with Crippen LogP contribution in [0.15, 0.2) is 66.9 Å². The van der Waals surface area contributed by atoms with E-state index in [9.17, 15) is 4.79 Å². The van der Waals surface area contributed by atoms with Crippen LogP contribution in [0.2, 0.25) is 10.0 Å². The van der Waals surface area contributed by atoms with Gasteiger partial charge in [0.05, 0.1) is 24.1 Å². The van der Waals surface area contributed by atoms with E-state index >= 15 is 0 Å². The molecular formula is C22H16Cl2N2O2. The number of methoxy groups -OCH3 is 1. The Bertz CT molecular complexity index is 1180. The summed E-state index contributed by atoms with van der Waals surface area (Å²) in [6.07, 6.45) is 2.34. The van der Waals surface area contributed by atoms with E-state index in [0.717, 1.165) is 28.2 Å². The molecule has 4 rings (SSSR count). The second kappa shape index (κ2) is 7.66. The second-order valence-corrected chi connectivity index (χ2v) is 7.23. The molecule has 28 heavy (non-hydrogen) atoms. The molecule has 0 radical (unpaired) electrons. The molecule has 0 saturated carbocycles. The molecule has 4 nitrogen and oxygen atoms in total. The number of ether oxygens (including phenoxy) is 1. The first-order valence-corrected chi connectivity index (χ1v) is 9.40. The van der Waals surface area contributed by atoms with Gasteiger partial charge < -0.3 is 9.14 Å². The third kappa shape index (κ3) is 3.61. The number of benzene rings is 2. The molecule has 0 fully saturated rings. The van der Waals surface area contributed by atoms with Crippen molar-refractivity contribution >= 4 is 34.8 Å². The summed E-state index contributed by atoms with van der Waals surface area (Å²) in [6, 6.07) is 18.8. The molecule has 0 atom stereocenters. The average Bonchev–Trinajstić information content (AvgIpc) is 3.05. The van der Waals surface area contributed by atoms with E-state index in [1.54, 1.807) is 12.3 Å². The van der Waals surface area contributed by atoms with Gasteiger partial charge in [-0.25, -0.2) is 9.78 Å². The molecule has 2 aromatic carbocycles. The van der Waals surface area contributed by atoms with E-state index in [1.165, 1.54) is 7.11 Å². The fourth-order valence-corrected chi connectivity index (χ4v) is 3.61. The molecule has 0 saturated heterocycles. The number of carbonyl (C=O) groups excluding carboxylic acids is 1. The summed E-state index contributed by atoms with van der Waals surface area (Å²) in [7, 11) is 1.37. The number of carbonyl (C=O) groups is 1.